The molecule has 3 aromatic heterocycles. The van der Waals surface area contributed by atoms with Gasteiger partial charge in [0.1, 0.15) is 11.6 Å². The van der Waals surface area contributed by atoms with E-state index in [9.17, 15) is 9.18 Å². The largest absolute Gasteiger partial charge is 0.466 e. The molecule has 0 unspecified atom stereocenters. The fraction of sp³-hybridized carbons (Fsp3) is 0.182. The van der Waals surface area contributed by atoms with Gasteiger partial charge >= 0.3 is 0 Å². The molecule has 0 saturated heterocycles. The summed E-state index contributed by atoms with van der Waals surface area (Å²) in [6.07, 6.45) is 1.46. The molecule has 0 aliphatic rings. The standard InChI is InChI=1S/C22H20FN5O3/c1-13-10-14(2)25-21-20(13)22(27-28(21)3)30-12-18(29)26-16-6-9-19(24-11-16)31-17-7-4-15(23)5-8-17/h4-11H,12H2,1-3H3,(H,26,29). The van der Waals surface area contributed by atoms with Crippen LogP contribution in [0.4, 0.5) is 10.1 Å². The van der Waals surface area contributed by atoms with Crippen LogP contribution in [0, 0.1) is 19.7 Å². The second kappa shape index (κ2) is 8.39. The van der Waals surface area contributed by atoms with Gasteiger partial charge in [0.05, 0.1) is 17.3 Å². The van der Waals surface area contributed by atoms with Crippen LogP contribution in [0.2, 0.25) is 0 Å². The van der Waals surface area contributed by atoms with Gasteiger partial charge in [-0.05, 0) is 55.8 Å². The average molecular weight is 421 g/mol. The Balaban J connectivity index is 1.37. The molecular weight excluding hydrogens is 401 g/mol. The molecule has 4 rings (SSSR count). The number of nitrogens with zero attached hydrogens (tertiary/aromatic N) is 4. The van der Waals surface area contributed by atoms with Crippen molar-refractivity contribution >= 4 is 22.6 Å². The third-order valence-corrected chi connectivity index (χ3v) is 4.48. The summed E-state index contributed by atoms with van der Waals surface area (Å²) in [4.78, 5) is 20.9. The number of amides is 1. The summed E-state index contributed by atoms with van der Waals surface area (Å²) in [6.45, 7) is 3.65. The van der Waals surface area contributed by atoms with Crippen LogP contribution in [0.1, 0.15) is 11.3 Å². The summed E-state index contributed by atoms with van der Waals surface area (Å²) in [7, 11) is 1.78. The molecule has 1 N–H and O–H groups in total. The van der Waals surface area contributed by atoms with Crippen LogP contribution in [0.5, 0.6) is 17.5 Å². The van der Waals surface area contributed by atoms with Gasteiger partial charge in [-0.25, -0.2) is 19.0 Å². The van der Waals surface area contributed by atoms with E-state index in [4.69, 9.17) is 9.47 Å². The Morgan fingerprint density at radius 1 is 1.16 bits per heavy atom. The fourth-order valence-corrected chi connectivity index (χ4v) is 3.12. The minimum Gasteiger partial charge on any atom is -0.466 e. The van der Waals surface area contributed by atoms with Crippen molar-refractivity contribution in [3.8, 4) is 17.5 Å². The molecule has 0 aliphatic heterocycles. The van der Waals surface area contributed by atoms with Gasteiger partial charge in [0.25, 0.3) is 5.91 Å². The minimum absolute atomic E-state index is 0.215. The summed E-state index contributed by atoms with van der Waals surface area (Å²) < 4.78 is 25.8. The summed E-state index contributed by atoms with van der Waals surface area (Å²) in [5.74, 6) is 0.436. The van der Waals surface area contributed by atoms with Crippen molar-refractivity contribution in [1.82, 2.24) is 19.7 Å². The maximum atomic E-state index is 13.0. The Morgan fingerprint density at radius 2 is 1.94 bits per heavy atom. The third-order valence-electron chi connectivity index (χ3n) is 4.48. The van der Waals surface area contributed by atoms with Gasteiger partial charge in [-0.2, -0.15) is 0 Å². The van der Waals surface area contributed by atoms with E-state index in [-0.39, 0.29) is 18.3 Å². The van der Waals surface area contributed by atoms with Crippen molar-refractivity contribution < 1.29 is 18.7 Å². The highest BCUT2D eigenvalue weighted by Crippen LogP contribution is 2.27. The van der Waals surface area contributed by atoms with E-state index in [1.165, 1.54) is 30.5 Å². The normalized spacial score (nSPS) is 10.8. The molecular formula is C22H20FN5O3. The Kier molecular flexibility index (Phi) is 5.48. The molecule has 31 heavy (non-hydrogen) atoms. The zero-order chi connectivity index (χ0) is 22.0. The number of rotatable bonds is 6. The zero-order valence-electron chi connectivity index (χ0n) is 17.2. The molecule has 0 spiro atoms. The van der Waals surface area contributed by atoms with E-state index >= 15 is 0 Å². The van der Waals surface area contributed by atoms with Crippen molar-refractivity contribution in [3.05, 3.63) is 65.7 Å². The highest BCUT2D eigenvalue weighted by atomic mass is 19.1. The van der Waals surface area contributed by atoms with Gasteiger partial charge < -0.3 is 14.8 Å². The monoisotopic (exact) mass is 421 g/mol. The van der Waals surface area contributed by atoms with Gasteiger partial charge in [-0.1, -0.05) is 0 Å². The number of carbonyl (C=O) groups excluding carboxylic acids is 1. The first-order chi connectivity index (χ1) is 14.9. The molecule has 9 heteroatoms. The number of aryl methyl sites for hydroxylation is 3. The van der Waals surface area contributed by atoms with Crippen LogP contribution in [-0.2, 0) is 11.8 Å². The summed E-state index contributed by atoms with van der Waals surface area (Å²) >= 11 is 0. The number of hydrogen-bond donors (Lipinski definition) is 1. The van der Waals surface area contributed by atoms with Crippen LogP contribution in [0.25, 0.3) is 11.0 Å². The number of carbonyl (C=O) groups is 1. The van der Waals surface area contributed by atoms with Crippen LogP contribution in [0.15, 0.2) is 48.7 Å². The molecule has 0 fully saturated rings. The summed E-state index contributed by atoms with van der Waals surface area (Å²) in [5, 5.41) is 7.82. The molecule has 0 radical (unpaired) electrons. The number of ether oxygens (including phenoxy) is 2. The van der Waals surface area contributed by atoms with Gasteiger partial charge in [-0.15, -0.1) is 5.10 Å². The van der Waals surface area contributed by atoms with Gasteiger partial charge in [0.2, 0.25) is 11.8 Å². The third kappa shape index (κ3) is 4.61. The zero-order valence-corrected chi connectivity index (χ0v) is 17.2. The molecule has 0 atom stereocenters. The maximum absolute atomic E-state index is 13.0. The minimum atomic E-state index is -0.356. The number of hydrogen-bond acceptors (Lipinski definition) is 6. The van der Waals surface area contributed by atoms with E-state index in [2.05, 4.69) is 20.4 Å². The Hall–Kier alpha value is -4.01. The predicted molar refractivity (Wildman–Crippen MR) is 113 cm³/mol. The second-order valence-corrected chi connectivity index (χ2v) is 6.99. The van der Waals surface area contributed by atoms with E-state index in [0.717, 1.165) is 16.6 Å². The summed E-state index contributed by atoms with van der Waals surface area (Å²) in [6, 6.07) is 10.8. The number of aromatic nitrogens is 4. The van der Waals surface area contributed by atoms with Crippen LogP contribution < -0.4 is 14.8 Å². The van der Waals surface area contributed by atoms with Crippen molar-refractivity contribution in [2.24, 2.45) is 7.05 Å². The molecule has 158 valence electrons. The molecule has 8 nitrogen and oxygen atoms in total. The van der Waals surface area contributed by atoms with Crippen molar-refractivity contribution in [3.63, 3.8) is 0 Å². The lowest BCUT2D eigenvalue weighted by molar-refractivity contribution is -0.118. The molecule has 0 aliphatic carbocycles. The number of anilines is 1. The lowest BCUT2D eigenvalue weighted by atomic mass is 10.2. The van der Waals surface area contributed by atoms with Crippen LogP contribution >= 0.6 is 0 Å². The number of nitrogens with one attached hydrogen (secondary N) is 1. The highest BCUT2D eigenvalue weighted by Gasteiger charge is 2.15. The Labute approximate surface area is 177 Å². The molecule has 0 saturated carbocycles. The second-order valence-electron chi connectivity index (χ2n) is 6.99. The van der Waals surface area contributed by atoms with E-state index in [1.807, 2.05) is 19.9 Å². The average Bonchev–Trinajstić information content (AvgIpc) is 3.05. The Bertz CT molecular complexity index is 1240. The van der Waals surface area contributed by atoms with E-state index in [1.54, 1.807) is 23.9 Å². The molecule has 3 heterocycles. The first-order valence-electron chi connectivity index (χ1n) is 9.52. The van der Waals surface area contributed by atoms with Crippen molar-refractivity contribution in [2.75, 3.05) is 11.9 Å². The number of halogens is 1. The molecule has 1 aromatic carbocycles. The number of pyridine rings is 2. The van der Waals surface area contributed by atoms with Crippen LogP contribution in [0.3, 0.4) is 0 Å². The van der Waals surface area contributed by atoms with E-state index < -0.39 is 0 Å². The Morgan fingerprint density at radius 3 is 2.65 bits per heavy atom. The molecule has 0 bridgehead atoms. The summed E-state index contributed by atoms with van der Waals surface area (Å²) in [5.41, 5.74) is 3.05. The highest BCUT2D eigenvalue weighted by molar-refractivity contribution is 5.92. The molecule has 1 amide bonds. The predicted octanol–water partition coefficient (Wildman–Crippen LogP) is 3.93. The SMILES string of the molecule is Cc1cc(C)c2c(OCC(=O)Nc3ccc(Oc4ccc(F)cc4)nc3)nn(C)c2n1. The topological polar surface area (TPSA) is 91.2 Å². The van der Waals surface area contributed by atoms with Crippen LogP contribution in [-0.4, -0.2) is 32.3 Å². The lowest BCUT2D eigenvalue weighted by Gasteiger charge is -2.08. The maximum Gasteiger partial charge on any atom is 0.262 e. The number of benzene rings is 1. The fourth-order valence-electron chi connectivity index (χ4n) is 3.12. The van der Waals surface area contributed by atoms with E-state index in [0.29, 0.717) is 28.8 Å². The first kappa shape index (κ1) is 20.3. The van der Waals surface area contributed by atoms with Gasteiger partial charge in [-0.3, -0.25) is 4.79 Å². The lowest BCUT2D eigenvalue weighted by Crippen LogP contribution is -2.20. The van der Waals surface area contributed by atoms with Gasteiger partial charge in [0, 0.05) is 18.8 Å². The van der Waals surface area contributed by atoms with Gasteiger partial charge in [0.15, 0.2) is 12.3 Å². The quantitative estimate of drug-likeness (QED) is 0.507. The van der Waals surface area contributed by atoms with Crippen molar-refractivity contribution in [1.29, 1.82) is 0 Å². The molecule has 4 aromatic rings. The first-order valence-corrected chi connectivity index (χ1v) is 9.52. The smallest absolute Gasteiger partial charge is 0.262 e. The van der Waals surface area contributed by atoms with Crippen molar-refractivity contribution in [2.45, 2.75) is 13.8 Å². The number of fused-ring (bicyclic) bond motifs is 1.